The lowest BCUT2D eigenvalue weighted by atomic mass is 10.1. The van der Waals surface area contributed by atoms with E-state index in [4.69, 9.17) is 0 Å². The quantitative estimate of drug-likeness (QED) is 0.0733. The second-order valence-corrected chi connectivity index (χ2v) is 14.7. The van der Waals surface area contributed by atoms with Crippen LogP contribution in [0.4, 0.5) is 0 Å². The van der Waals surface area contributed by atoms with Gasteiger partial charge in [-0.15, -0.1) is 0 Å². The monoisotopic (exact) mass is 868 g/mol. The molecule has 0 bridgehead atoms. The van der Waals surface area contributed by atoms with E-state index in [1.807, 2.05) is 6.92 Å². The molecular formula is C41H52N6O11S2. The summed E-state index contributed by atoms with van der Waals surface area (Å²) in [7, 11) is 0. The molecule has 6 N–H and O–H groups in total. The minimum absolute atomic E-state index is 0.0574. The first kappa shape index (κ1) is 52.1. The van der Waals surface area contributed by atoms with Gasteiger partial charge in [0.05, 0.1) is 50.8 Å². The van der Waals surface area contributed by atoms with Crippen molar-refractivity contribution >= 4 is 86.5 Å². The number of thioether (sulfide) groups is 2. The Morgan fingerprint density at radius 1 is 0.467 bits per heavy atom. The summed E-state index contributed by atoms with van der Waals surface area (Å²) in [6, 6.07) is 17.1. The Kier molecular flexibility index (Phi) is 26.9. The van der Waals surface area contributed by atoms with E-state index in [1.165, 1.54) is 0 Å². The summed E-state index contributed by atoms with van der Waals surface area (Å²) < 4.78 is 0. The van der Waals surface area contributed by atoms with Crippen molar-refractivity contribution in [3.8, 4) is 0 Å². The van der Waals surface area contributed by atoms with E-state index in [-0.39, 0.29) is 91.2 Å². The van der Waals surface area contributed by atoms with E-state index in [9.17, 15) is 52.7 Å². The first-order chi connectivity index (χ1) is 28.6. The topological polar surface area (TPSA) is 260 Å². The lowest BCUT2D eigenvalue weighted by Gasteiger charge is -2.08. The van der Waals surface area contributed by atoms with Gasteiger partial charge in [-0.05, 0) is 25.3 Å². The number of nitrogens with one attached hydrogen (secondary N) is 6. The van der Waals surface area contributed by atoms with Crippen molar-refractivity contribution in [1.82, 2.24) is 31.9 Å². The number of carbonyl (C=O) groups is 11. The van der Waals surface area contributed by atoms with Crippen molar-refractivity contribution in [2.75, 3.05) is 50.8 Å². The van der Waals surface area contributed by atoms with E-state index >= 15 is 0 Å². The van der Waals surface area contributed by atoms with Crippen LogP contribution in [0.25, 0.3) is 0 Å². The van der Waals surface area contributed by atoms with Gasteiger partial charge < -0.3 is 31.9 Å². The highest BCUT2D eigenvalue weighted by molar-refractivity contribution is 8.14. The average molecular weight is 869 g/mol. The molecule has 0 saturated heterocycles. The van der Waals surface area contributed by atoms with Gasteiger partial charge in [0.2, 0.25) is 45.7 Å². The molecule has 324 valence electrons. The van der Waals surface area contributed by atoms with Gasteiger partial charge in [0, 0.05) is 30.4 Å². The summed E-state index contributed by atoms with van der Waals surface area (Å²) in [5, 5.41) is 13.7. The molecule has 0 aliphatic carbocycles. The van der Waals surface area contributed by atoms with Crippen LogP contribution < -0.4 is 31.9 Å². The summed E-state index contributed by atoms with van der Waals surface area (Å²) in [6.45, 7) is 5.58. The van der Waals surface area contributed by atoms with Gasteiger partial charge in [0.1, 0.15) is 0 Å². The fourth-order valence-electron chi connectivity index (χ4n) is 4.25. The maximum absolute atomic E-state index is 11.9. The first-order valence-electron chi connectivity index (χ1n) is 18.9. The number of benzene rings is 2. The summed E-state index contributed by atoms with van der Waals surface area (Å²) >= 11 is 1.67. The van der Waals surface area contributed by atoms with E-state index < -0.39 is 35.4 Å². The molecule has 2 aromatic carbocycles. The smallest absolute Gasteiger partial charge is 0.239 e. The van der Waals surface area contributed by atoms with Crippen LogP contribution in [0, 0.1) is 0 Å². The molecular weight excluding hydrogens is 817 g/mol. The third kappa shape index (κ3) is 26.1. The number of Topliss-reactive ketones (excluding diaryl/α,β-unsaturated/α-hetero) is 3. The van der Waals surface area contributed by atoms with E-state index in [2.05, 4.69) is 38.5 Å². The Morgan fingerprint density at radius 2 is 0.800 bits per heavy atom. The zero-order valence-corrected chi connectivity index (χ0v) is 35.3. The summed E-state index contributed by atoms with van der Waals surface area (Å²) in [6.07, 6.45) is 2.87. The Morgan fingerprint density at radius 3 is 1.15 bits per heavy atom. The number of carbonyl (C=O) groups excluding carboxylic acids is 11. The molecule has 2 rings (SSSR count). The van der Waals surface area contributed by atoms with Crippen molar-refractivity contribution < 1.29 is 52.7 Å². The van der Waals surface area contributed by atoms with Crippen molar-refractivity contribution in [3.63, 3.8) is 0 Å². The largest absolute Gasteiger partial charge is 0.347 e. The van der Waals surface area contributed by atoms with Gasteiger partial charge in [-0.3, -0.25) is 52.7 Å². The van der Waals surface area contributed by atoms with Crippen LogP contribution in [0.1, 0.15) is 73.1 Å². The number of rotatable bonds is 26. The summed E-state index contributed by atoms with van der Waals surface area (Å²) in [5.41, 5.74) is 1.42. The van der Waals surface area contributed by atoms with E-state index in [1.54, 1.807) is 67.6 Å². The molecule has 0 aliphatic heterocycles. The third-order valence-corrected chi connectivity index (χ3v) is 9.39. The standard InChI is InChI=1S/C22H27N3O6S.C19H25N3O5S/c1-15(2)18(27)10-6-9-17(26)11-23-19(28)12-24-20(29)13-25-21(30)14-32-22(31)16-7-4-3-5-8-16;1-2-3-9-15(23)10-20-16(24)11-21-17(25)12-22-18(26)13-28-19(27)14-7-5-4-6-8-14/h3-5,7-8H,1,6,9-14H2,2H3,(H,23,28)(H,24,29)(H,25,30);4-8H,2-3,9-13H2,1H3,(H,20,24)(H,21,25)(H,22,26). The Hall–Kier alpha value is -5.95. The maximum Gasteiger partial charge on any atom is 0.239 e. The van der Waals surface area contributed by atoms with E-state index in [0.29, 0.717) is 29.5 Å². The summed E-state index contributed by atoms with van der Waals surface area (Å²) in [5.74, 6) is -3.75. The van der Waals surface area contributed by atoms with Crippen LogP contribution >= 0.6 is 23.5 Å². The molecule has 6 amide bonds. The molecule has 0 fully saturated rings. The maximum atomic E-state index is 11.9. The van der Waals surface area contributed by atoms with Gasteiger partial charge in [-0.1, -0.05) is 104 Å². The molecule has 0 atom stereocenters. The molecule has 0 spiro atoms. The van der Waals surface area contributed by atoms with Gasteiger partial charge in [0.15, 0.2) is 17.3 Å². The fourth-order valence-corrected chi connectivity index (χ4v) is 5.58. The number of ketones is 3. The molecule has 0 aliphatic rings. The van der Waals surface area contributed by atoms with Crippen molar-refractivity contribution in [2.45, 2.75) is 52.4 Å². The Labute approximate surface area is 357 Å². The second kappa shape index (κ2) is 31.0. The molecule has 2 aromatic rings. The van der Waals surface area contributed by atoms with Crippen LogP contribution in [0.5, 0.6) is 0 Å². The molecule has 17 nitrogen and oxygen atoms in total. The average Bonchev–Trinajstić information content (AvgIpc) is 3.25. The van der Waals surface area contributed by atoms with Gasteiger partial charge in [-0.25, -0.2) is 0 Å². The number of hydrogen-bond donors (Lipinski definition) is 6. The lowest BCUT2D eigenvalue weighted by molar-refractivity contribution is -0.128. The van der Waals surface area contributed by atoms with E-state index in [0.717, 1.165) is 36.4 Å². The molecule has 0 aromatic heterocycles. The SMILES string of the molecule is C=C(C)C(=O)CCCC(=O)CNC(=O)CNC(=O)CNC(=O)CSC(=O)c1ccccc1.CCCCC(=O)CNC(=O)CNC(=O)CNC(=O)CSC(=O)c1ccccc1. The van der Waals surface area contributed by atoms with Crippen LogP contribution in [-0.4, -0.2) is 114 Å². The molecule has 60 heavy (non-hydrogen) atoms. The highest BCUT2D eigenvalue weighted by Crippen LogP contribution is 2.12. The normalized spacial score (nSPS) is 10.0. The van der Waals surface area contributed by atoms with Gasteiger partial charge in [-0.2, -0.15) is 0 Å². The van der Waals surface area contributed by atoms with Crippen LogP contribution in [0.15, 0.2) is 72.8 Å². The molecule has 0 unspecified atom stereocenters. The third-order valence-electron chi connectivity index (χ3n) is 7.58. The van der Waals surface area contributed by atoms with Crippen molar-refractivity contribution in [3.05, 3.63) is 83.9 Å². The second-order valence-electron chi connectivity index (χ2n) is 12.8. The predicted molar refractivity (Wildman–Crippen MR) is 228 cm³/mol. The zero-order valence-electron chi connectivity index (χ0n) is 33.7. The van der Waals surface area contributed by atoms with Gasteiger partial charge >= 0.3 is 0 Å². The lowest BCUT2D eigenvalue weighted by Crippen LogP contribution is -2.43. The Bertz CT molecular complexity index is 1830. The molecule has 0 heterocycles. The minimum Gasteiger partial charge on any atom is -0.347 e. The number of allylic oxidation sites excluding steroid dienone is 1. The highest BCUT2D eigenvalue weighted by Gasteiger charge is 2.14. The van der Waals surface area contributed by atoms with Crippen LogP contribution in [0.2, 0.25) is 0 Å². The molecule has 0 saturated carbocycles. The van der Waals surface area contributed by atoms with Gasteiger partial charge in [0.25, 0.3) is 0 Å². The van der Waals surface area contributed by atoms with Crippen molar-refractivity contribution in [1.29, 1.82) is 0 Å². The van der Waals surface area contributed by atoms with Crippen LogP contribution in [0.3, 0.4) is 0 Å². The minimum atomic E-state index is -0.586. The number of hydrogen-bond acceptors (Lipinski definition) is 13. The highest BCUT2D eigenvalue weighted by atomic mass is 32.2. The van der Waals surface area contributed by atoms with Crippen molar-refractivity contribution in [2.24, 2.45) is 0 Å². The van der Waals surface area contributed by atoms with Crippen LogP contribution in [-0.2, 0) is 43.2 Å². The molecule has 0 radical (unpaired) electrons. The molecule has 19 heteroatoms. The zero-order chi connectivity index (χ0) is 44.7. The fraction of sp³-hybridized carbons (Fsp3) is 0.390. The number of amides is 6. The first-order valence-corrected chi connectivity index (χ1v) is 20.8. The summed E-state index contributed by atoms with van der Waals surface area (Å²) in [4.78, 5) is 128. The predicted octanol–water partition coefficient (Wildman–Crippen LogP) is 1.46. The Balaban J connectivity index is 0.000000605. The number of unbranched alkanes of at least 4 members (excludes halogenated alkanes) is 1.